The summed E-state index contributed by atoms with van der Waals surface area (Å²) in [6, 6.07) is 11.4. The van der Waals surface area contributed by atoms with Gasteiger partial charge in [0.05, 0.1) is 4.90 Å². The Kier molecular flexibility index (Phi) is 5.58. The molecular formula is C17H19NO5S. The molecule has 2 N–H and O–H groups in total. The van der Waals surface area contributed by atoms with Crippen LogP contribution in [0.3, 0.4) is 0 Å². The van der Waals surface area contributed by atoms with Gasteiger partial charge in [0.1, 0.15) is 5.75 Å². The van der Waals surface area contributed by atoms with Crippen LogP contribution in [0.1, 0.15) is 16.7 Å². The molecule has 0 spiro atoms. The lowest BCUT2D eigenvalue weighted by Crippen LogP contribution is -2.23. The summed E-state index contributed by atoms with van der Waals surface area (Å²) in [5.74, 6) is -0.799. The van der Waals surface area contributed by atoms with Crippen molar-refractivity contribution >= 4 is 16.0 Å². The van der Waals surface area contributed by atoms with Crippen molar-refractivity contribution in [2.75, 3.05) is 6.61 Å². The van der Waals surface area contributed by atoms with E-state index in [0.717, 1.165) is 16.7 Å². The van der Waals surface area contributed by atoms with E-state index >= 15 is 0 Å². The van der Waals surface area contributed by atoms with Gasteiger partial charge in [-0.2, -0.15) is 0 Å². The molecule has 0 saturated carbocycles. The lowest BCUT2D eigenvalue weighted by molar-refractivity contribution is -0.139. The number of nitrogens with one attached hydrogen (secondary N) is 1. The lowest BCUT2D eigenvalue weighted by atomic mass is 10.1. The number of carbonyl (C=O) groups is 1. The quantitative estimate of drug-likeness (QED) is 0.800. The number of aryl methyl sites for hydroxylation is 2. The van der Waals surface area contributed by atoms with Crippen molar-refractivity contribution in [1.82, 2.24) is 4.72 Å². The third-order valence-corrected chi connectivity index (χ3v) is 4.86. The smallest absolute Gasteiger partial charge is 0.341 e. The van der Waals surface area contributed by atoms with Crippen molar-refractivity contribution in [3.63, 3.8) is 0 Å². The minimum absolute atomic E-state index is 0.0925. The first kappa shape index (κ1) is 18.0. The number of carboxylic acids is 1. The summed E-state index contributed by atoms with van der Waals surface area (Å²) in [6.45, 7) is 3.64. The molecule has 128 valence electrons. The molecule has 0 unspecified atom stereocenters. The Morgan fingerprint density at radius 1 is 1.12 bits per heavy atom. The Hall–Kier alpha value is -2.38. The number of ether oxygens (including phenoxy) is 1. The van der Waals surface area contributed by atoms with E-state index in [1.807, 2.05) is 32.0 Å². The molecule has 0 saturated heterocycles. The zero-order valence-corrected chi connectivity index (χ0v) is 14.3. The second-order valence-corrected chi connectivity index (χ2v) is 7.18. The van der Waals surface area contributed by atoms with E-state index in [0.29, 0.717) is 5.75 Å². The average Bonchev–Trinajstić information content (AvgIpc) is 2.52. The van der Waals surface area contributed by atoms with Gasteiger partial charge >= 0.3 is 5.97 Å². The van der Waals surface area contributed by atoms with Gasteiger partial charge in [0.15, 0.2) is 6.61 Å². The van der Waals surface area contributed by atoms with Gasteiger partial charge in [-0.25, -0.2) is 17.9 Å². The molecule has 7 heteroatoms. The van der Waals surface area contributed by atoms with Crippen molar-refractivity contribution in [3.8, 4) is 5.75 Å². The van der Waals surface area contributed by atoms with Crippen LogP contribution in [0.25, 0.3) is 0 Å². The average molecular weight is 349 g/mol. The number of hydrogen-bond acceptors (Lipinski definition) is 4. The zero-order valence-electron chi connectivity index (χ0n) is 13.4. The Labute approximate surface area is 141 Å². The van der Waals surface area contributed by atoms with Crippen LogP contribution in [0.4, 0.5) is 0 Å². The Morgan fingerprint density at radius 2 is 1.79 bits per heavy atom. The van der Waals surface area contributed by atoms with Gasteiger partial charge < -0.3 is 9.84 Å². The summed E-state index contributed by atoms with van der Waals surface area (Å²) < 4.78 is 32.2. The molecule has 2 rings (SSSR count). The maximum atomic E-state index is 12.3. The molecule has 0 aliphatic carbocycles. The van der Waals surface area contributed by atoms with Crippen LogP contribution >= 0.6 is 0 Å². The standard InChI is InChI=1S/C17H19NO5S/c1-12-3-4-14(13(2)9-12)10-18-24(21,22)16-7-5-15(6-8-16)23-11-17(19)20/h3-9,18H,10-11H2,1-2H3,(H,19,20). The molecule has 0 amide bonds. The molecule has 0 fully saturated rings. The molecular weight excluding hydrogens is 330 g/mol. The SMILES string of the molecule is Cc1ccc(CNS(=O)(=O)c2ccc(OCC(=O)O)cc2)c(C)c1. The van der Waals surface area contributed by atoms with Crippen molar-refractivity contribution in [1.29, 1.82) is 0 Å². The van der Waals surface area contributed by atoms with E-state index in [1.54, 1.807) is 0 Å². The van der Waals surface area contributed by atoms with Crippen LogP contribution in [0, 0.1) is 13.8 Å². The summed E-state index contributed by atoms with van der Waals surface area (Å²) in [7, 11) is -3.66. The van der Waals surface area contributed by atoms with Crippen LogP contribution in [0.15, 0.2) is 47.4 Å². The lowest BCUT2D eigenvalue weighted by Gasteiger charge is -2.10. The Morgan fingerprint density at radius 3 is 2.38 bits per heavy atom. The molecule has 0 radical (unpaired) electrons. The normalized spacial score (nSPS) is 11.2. The molecule has 2 aromatic carbocycles. The van der Waals surface area contributed by atoms with E-state index in [4.69, 9.17) is 9.84 Å². The number of sulfonamides is 1. The molecule has 0 atom stereocenters. The van der Waals surface area contributed by atoms with Crippen molar-refractivity contribution in [2.45, 2.75) is 25.3 Å². The van der Waals surface area contributed by atoms with E-state index < -0.39 is 22.6 Å². The summed E-state index contributed by atoms with van der Waals surface area (Å²) in [5, 5.41) is 8.55. The van der Waals surface area contributed by atoms with E-state index in [1.165, 1.54) is 24.3 Å². The fraction of sp³-hybridized carbons (Fsp3) is 0.235. The van der Waals surface area contributed by atoms with Crippen molar-refractivity contribution in [2.24, 2.45) is 0 Å². The third kappa shape index (κ3) is 4.81. The van der Waals surface area contributed by atoms with Gasteiger partial charge in [-0.15, -0.1) is 0 Å². The molecule has 0 heterocycles. The highest BCUT2D eigenvalue weighted by atomic mass is 32.2. The first-order valence-electron chi connectivity index (χ1n) is 7.28. The van der Waals surface area contributed by atoms with Crippen LogP contribution in [-0.2, 0) is 21.4 Å². The summed E-state index contributed by atoms with van der Waals surface area (Å²) in [6.07, 6.45) is 0. The fourth-order valence-electron chi connectivity index (χ4n) is 2.16. The van der Waals surface area contributed by atoms with Crippen molar-refractivity contribution < 1.29 is 23.1 Å². The number of rotatable bonds is 7. The Balaban J connectivity index is 2.05. The summed E-state index contributed by atoms with van der Waals surface area (Å²) in [4.78, 5) is 10.5. The molecule has 2 aromatic rings. The minimum Gasteiger partial charge on any atom is -0.482 e. The van der Waals surface area contributed by atoms with Crippen molar-refractivity contribution in [3.05, 3.63) is 59.2 Å². The van der Waals surface area contributed by atoms with Crippen LogP contribution in [0.5, 0.6) is 5.75 Å². The first-order valence-corrected chi connectivity index (χ1v) is 8.77. The molecule has 0 aromatic heterocycles. The number of aliphatic carboxylic acids is 1. The molecule has 0 aliphatic heterocycles. The molecule has 0 bridgehead atoms. The second-order valence-electron chi connectivity index (χ2n) is 5.41. The molecule has 6 nitrogen and oxygen atoms in total. The van der Waals surface area contributed by atoms with Gasteiger partial charge in [0, 0.05) is 6.54 Å². The largest absolute Gasteiger partial charge is 0.482 e. The molecule has 0 aliphatic rings. The highest BCUT2D eigenvalue weighted by Crippen LogP contribution is 2.17. The highest BCUT2D eigenvalue weighted by Gasteiger charge is 2.14. The van der Waals surface area contributed by atoms with Crippen LogP contribution in [0.2, 0.25) is 0 Å². The number of benzene rings is 2. The third-order valence-electron chi connectivity index (χ3n) is 3.45. The first-order chi connectivity index (χ1) is 11.3. The van der Waals surface area contributed by atoms with Gasteiger partial charge in [-0.1, -0.05) is 23.8 Å². The minimum atomic E-state index is -3.66. The van der Waals surface area contributed by atoms with Crippen LogP contribution < -0.4 is 9.46 Å². The van der Waals surface area contributed by atoms with Gasteiger partial charge in [-0.05, 0) is 49.2 Å². The summed E-state index contributed by atoms with van der Waals surface area (Å²) in [5.41, 5.74) is 3.05. The maximum absolute atomic E-state index is 12.3. The number of carboxylic acid groups (broad SMARTS) is 1. The van der Waals surface area contributed by atoms with Gasteiger partial charge in [-0.3, -0.25) is 0 Å². The highest BCUT2D eigenvalue weighted by molar-refractivity contribution is 7.89. The maximum Gasteiger partial charge on any atom is 0.341 e. The van der Waals surface area contributed by atoms with Gasteiger partial charge in [0.2, 0.25) is 10.0 Å². The molecule has 24 heavy (non-hydrogen) atoms. The van der Waals surface area contributed by atoms with Crippen LogP contribution in [-0.4, -0.2) is 26.1 Å². The predicted molar refractivity (Wildman–Crippen MR) is 89.5 cm³/mol. The predicted octanol–water partition coefficient (Wildman–Crippen LogP) is 2.25. The summed E-state index contributed by atoms with van der Waals surface area (Å²) >= 11 is 0. The number of hydrogen-bond donors (Lipinski definition) is 2. The second kappa shape index (κ2) is 7.46. The fourth-order valence-corrected chi connectivity index (χ4v) is 3.17. The van der Waals surface area contributed by atoms with E-state index in [-0.39, 0.29) is 11.4 Å². The van der Waals surface area contributed by atoms with E-state index in [9.17, 15) is 13.2 Å². The Bertz CT molecular complexity index is 829. The zero-order chi connectivity index (χ0) is 17.7. The monoisotopic (exact) mass is 349 g/mol. The van der Waals surface area contributed by atoms with E-state index in [2.05, 4.69) is 4.72 Å². The van der Waals surface area contributed by atoms with Gasteiger partial charge in [0.25, 0.3) is 0 Å². The topological polar surface area (TPSA) is 92.7 Å².